The number of amides is 5. The van der Waals surface area contributed by atoms with Crippen molar-refractivity contribution in [2.24, 2.45) is 0 Å². The summed E-state index contributed by atoms with van der Waals surface area (Å²) in [7, 11) is 0. The van der Waals surface area contributed by atoms with Gasteiger partial charge in [-0.05, 0) is 31.0 Å². The molecule has 2 rings (SSSR count). The molecule has 1 heterocycles. The minimum absolute atomic E-state index is 0.159. The van der Waals surface area contributed by atoms with Gasteiger partial charge in [-0.25, -0.2) is 9.69 Å². The number of carbonyl (C=O) groups is 4. The van der Waals surface area contributed by atoms with Crippen molar-refractivity contribution in [2.75, 3.05) is 26.2 Å². The molecule has 0 aromatic heterocycles. The van der Waals surface area contributed by atoms with Crippen molar-refractivity contribution in [3.8, 4) is 5.75 Å². The third-order valence-electron chi connectivity index (χ3n) is 3.57. The molecule has 0 bridgehead atoms. The van der Waals surface area contributed by atoms with Crippen LogP contribution < -0.4 is 10.1 Å². The normalized spacial score (nSPS) is 14.2. The van der Waals surface area contributed by atoms with Gasteiger partial charge in [-0.15, -0.1) is 0 Å². The number of benzene rings is 1. The molecule has 0 atom stereocenters. The third kappa shape index (κ3) is 4.56. The molecule has 1 saturated heterocycles. The molecular formula is C17H21N3O5. The number of hydrogen-bond acceptors (Lipinski definition) is 5. The lowest BCUT2D eigenvalue weighted by atomic mass is 10.2. The summed E-state index contributed by atoms with van der Waals surface area (Å²) in [5, 5.41) is 2.56. The van der Waals surface area contributed by atoms with Crippen LogP contribution >= 0.6 is 0 Å². The van der Waals surface area contributed by atoms with Gasteiger partial charge >= 0.3 is 17.8 Å². The summed E-state index contributed by atoms with van der Waals surface area (Å²) in [5.74, 6) is -1.69. The molecule has 1 N–H and O–H groups in total. The Bertz CT molecular complexity index is 689. The van der Waals surface area contributed by atoms with Crippen molar-refractivity contribution in [3.05, 3.63) is 29.8 Å². The first-order valence-electron chi connectivity index (χ1n) is 8.07. The van der Waals surface area contributed by atoms with E-state index in [4.69, 9.17) is 4.74 Å². The Kier molecular flexibility index (Phi) is 6.10. The van der Waals surface area contributed by atoms with Gasteiger partial charge in [0.05, 0.1) is 6.54 Å². The van der Waals surface area contributed by atoms with Crippen LogP contribution in [0.3, 0.4) is 0 Å². The maximum Gasteiger partial charge on any atom is 0.334 e. The minimum atomic E-state index is -0.968. The maximum atomic E-state index is 12.0. The van der Waals surface area contributed by atoms with Crippen LogP contribution in [0.4, 0.5) is 4.79 Å². The van der Waals surface area contributed by atoms with Gasteiger partial charge in [0.15, 0.2) is 0 Å². The molecule has 134 valence electrons. The number of imide groups is 2. The van der Waals surface area contributed by atoms with E-state index in [2.05, 4.69) is 5.32 Å². The van der Waals surface area contributed by atoms with Crippen molar-refractivity contribution in [1.29, 1.82) is 0 Å². The maximum absolute atomic E-state index is 12.0. The van der Waals surface area contributed by atoms with Gasteiger partial charge in [-0.1, -0.05) is 19.1 Å². The smallest absolute Gasteiger partial charge is 0.334 e. The second kappa shape index (κ2) is 8.27. The van der Waals surface area contributed by atoms with E-state index in [-0.39, 0.29) is 19.7 Å². The first-order valence-corrected chi connectivity index (χ1v) is 8.07. The van der Waals surface area contributed by atoms with Crippen molar-refractivity contribution < 1.29 is 23.9 Å². The van der Waals surface area contributed by atoms with Crippen LogP contribution in [0.1, 0.15) is 18.9 Å². The summed E-state index contributed by atoms with van der Waals surface area (Å²) in [5.41, 5.74) is 1.06. The molecule has 0 radical (unpaired) electrons. The largest absolute Gasteiger partial charge is 0.492 e. The topological polar surface area (TPSA) is 96.0 Å². The highest BCUT2D eigenvalue weighted by Gasteiger charge is 2.44. The Balaban J connectivity index is 1.77. The lowest BCUT2D eigenvalue weighted by Gasteiger charge is -2.14. The predicted molar refractivity (Wildman–Crippen MR) is 88.8 cm³/mol. The van der Waals surface area contributed by atoms with Gasteiger partial charge in [0.1, 0.15) is 18.9 Å². The Labute approximate surface area is 145 Å². The number of urea groups is 1. The SMILES string of the molecule is CCCN1C(=O)C(=O)N(CC(=O)NCCOc2cccc(C)c2)C1=O. The highest BCUT2D eigenvalue weighted by atomic mass is 16.5. The van der Waals surface area contributed by atoms with Gasteiger partial charge in [-0.2, -0.15) is 0 Å². The second-order valence-corrected chi connectivity index (χ2v) is 5.65. The summed E-state index contributed by atoms with van der Waals surface area (Å²) in [6.07, 6.45) is 0.543. The van der Waals surface area contributed by atoms with Gasteiger partial charge in [-0.3, -0.25) is 19.3 Å². The molecule has 0 unspecified atom stereocenters. The van der Waals surface area contributed by atoms with E-state index in [1.165, 1.54) is 0 Å². The predicted octanol–water partition coefficient (Wildman–Crippen LogP) is 0.691. The molecule has 8 nitrogen and oxygen atoms in total. The third-order valence-corrected chi connectivity index (χ3v) is 3.57. The zero-order chi connectivity index (χ0) is 18.4. The summed E-state index contributed by atoms with van der Waals surface area (Å²) < 4.78 is 5.49. The number of nitrogens with zero attached hydrogens (tertiary/aromatic N) is 2. The molecule has 5 amide bonds. The zero-order valence-electron chi connectivity index (χ0n) is 14.3. The van der Waals surface area contributed by atoms with Gasteiger partial charge < -0.3 is 10.1 Å². The van der Waals surface area contributed by atoms with Crippen LogP contribution in [0.5, 0.6) is 5.75 Å². The fourth-order valence-electron chi connectivity index (χ4n) is 2.37. The first kappa shape index (κ1) is 18.4. The van der Waals surface area contributed by atoms with Crippen molar-refractivity contribution in [1.82, 2.24) is 15.1 Å². The molecule has 1 aliphatic rings. The molecule has 0 saturated carbocycles. The number of aryl methyl sites for hydroxylation is 1. The van der Waals surface area contributed by atoms with Crippen molar-refractivity contribution in [2.45, 2.75) is 20.3 Å². The van der Waals surface area contributed by atoms with E-state index in [0.717, 1.165) is 10.5 Å². The average molecular weight is 347 g/mol. The van der Waals surface area contributed by atoms with E-state index in [1.54, 1.807) is 6.92 Å². The summed E-state index contributed by atoms with van der Waals surface area (Å²) in [4.78, 5) is 48.9. The van der Waals surface area contributed by atoms with Crippen LogP contribution in [-0.2, 0) is 14.4 Å². The lowest BCUT2D eigenvalue weighted by molar-refractivity contribution is -0.144. The van der Waals surface area contributed by atoms with E-state index in [1.807, 2.05) is 31.2 Å². The summed E-state index contributed by atoms with van der Waals surface area (Å²) in [6, 6.07) is 6.75. The standard InChI is InChI=1S/C17H21N3O5/c1-3-8-19-15(22)16(23)20(17(19)24)11-14(21)18-7-9-25-13-6-4-5-12(2)10-13/h4-6,10H,3,7-9,11H2,1-2H3,(H,18,21). The van der Waals surface area contributed by atoms with Crippen LogP contribution in [0.15, 0.2) is 24.3 Å². The van der Waals surface area contributed by atoms with E-state index in [0.29, 0.717) is 17.1 Å². The van der Waals surface area contributed by atoms with Crippen molar-refractivity contribution in [3.63, 3.8) is 0 Å². The Morgan fingerprint density at radius 2 is 1.88 bits per heavy atom. The van der Waals surface area contributed by atoms with E-state index >= 15 is 0 Å². The zero-order valence-corrected chi connectivity index (χ0v) is 14.3. The van der Waals surface area contributed by atoms with E-state index < -0.39 is 30.3 Å². The monoisotopic (exact) mass is 347 g/mol. The fourth-order valence-corrected chi connectivity index (χ4v) is 2.37. The minimum Gasteiger partial charge on any atom is -0.492 e. The number of ether oxygens (including phenoxy) is 1. The van der Waals surface area contributed by atoms with Crippen LogP contribution in [-0.4, -0.2) is 59.8 Å². The highest BCUT2D eigenvalue weighted by Crippen LogP contribution is 2.13. The Morgan fingerprint density at radius 1 is 1.16 bits per heavy atom. The van der Waals surface area contributed by atoms with E-state index in [9.17, 15) is 19.2 Å². The first-order chi connectivity index (χ1) is 11.9. The van der Waals surface area contributed by atoms with Crippen LogP contribution in [0.25, 0.3) is 0 Å². The molecule has 8 heteroatoms. The van der Waals surface area contributed by atoms with Crippen LogP contribution in [0, 0.1) is 6.92 Å². The quantitative estimate of drug-likeness (QED) is 0.424. The Hall–Kier alpha value is -2.90. The van der Waals surface area contributed by atoms with Gasteiger partial charge in [0.2, 0.25) is 5.91 Å². The number of rotatable bonds is 8. The summed E-state index contributed by atoms with van der Waals surface area (Å²) in [6.45, 7) is 3.88. The van der Waals surface area contributed by atoms with Gasteiger partial charge in [0, 0.05) is 6.54 Å². The number of hydrogen-bond donors (Lipinski definition) is 1. The molecular weight excluding hydrogens is 326 g/mol. The molecule has 25 heavy (non-hydrogen) atoms. The molecule has 0 aliphatic carbocycles. The molecule has 1 fully saturated rings. The molecule has 1 aliphatic heterocycles. The number of nitrogens with one attached hydrogen (secondary N) is 1. The molecule has 1 aromatic rings. The Morgan fingerprint density at radius 3 is 2.56 bits per heavy atom. The summed E-state index contributed by atoms with van der Waals surface area (Å²) >= 11 is 0. The second-order valence-electron chi connectivity index (χ2n) is 5.65. The van der Waals surface area contributed by atoms with Crippen molar-refractivity contribution >= 4 is 23.8 Å². The van der Waals surface area contributed by atoms with Gasteiger partial charge in [0.25, 0.3) is 0 Å². The van der Waals surface area contributed by atoms with Crippen LogP contribution in [0.2, 0.25) is 0 Å². The fraction of sp³-hybridized carbons (Fsp3) is 0.412. The average Bonchev–Trinajstić information content (AvgIpc) is 2.77. The molecule has 0 spiro atoms. The molecule has 1 aromatic carbocycles. The number of carbonyl (C=O) groups excluding carboxylic acids is 4. The lowest BCUT2D eigenvalue weighted by Crippen LogP contribution is -2.42. The highest BCUT2D eigenvalue weighted by molar-refractivity contribution is 6.45.